The number of imide groups is 1. The molecule has 0 radical (unpaired) electrons. The van der Waals surface area contributed by atoms with Crippen molar-refractivity contribution < 1.29 is 9.59 Å². The Morgan fingerprint density at radius 3 is 2.23 bits per heavy atom. The quantitative estimate of drug-likeness (QED) is 0.693. The Kier molecular flexibility index (Phi) is 5.11. The summed E-state index contributed by atoms with van der Waals surface area (Å²) < 4.78 is 0. The minimum absolute atomic E-state index is 0.113. The van der Waals surface area contributed by atoms with Crippen LogP contribution < -0.4 is 11.1 Å². The summed E-state index contributed by atoms with van der Waals surface area (Å²) in [7, 11) is 0. The SMILES string of the molecule is CCC[C@H](C(=O)NC(N)=O)C(C)C. The number of nitrogens with one attached hydrogen (secondary N) is 1. The molecule has 0 saturated heterocycles. The largest absolute Gasteiger partial charge is 0.351 e. The van der Waals surface area contributed by atoms with E-state index in [2.05, 4.69) is 5.32 Å². The molecule has 76 valence electrons. The van der Waals surface area contributed by atoms with Crippen molar-refractivity contribution in [1.29, 1.82) is 0 Å². The number of nitrogens with two attached hydrogens (primary N) is 1. The molecule has 0 aromatic heterocycles. The van der Waals surface area contributed by atoms with Gasteiger partial charge in [-0.3, -0.25) is 10.1 Å². The van der Waals surface area contributed by atoms with Crippen molar-refractivity contribution in [2.24, 2.45) is 17.6 Å². The van der Waals surface area contributed by atoms with E-state index in [1.807, 2.05) is 20.8 Å². The Morgan fingerprint density at radius 1 is 1.38 bits per heavy atom. The van der Waals surface area contributed by atoms with E-state index in [-0.39, 0.29) is 17.7 Å². The van der Waals surface area contributed by atoms with Crippen LogP contribution in [0, 0.1) is 11.8 Å². The second kappa shape index (κ2) is 5.56. The molecule has 0 fully saturated rings. The molecule has 4 heteroatoms. The fourth-order valence-electron chi connectivity index (χ4n) is 1.29. The summed E-state index contributed by atoms with van der Waals surface area (Å²) in [5.74, 6) is -0.138. The monoisotopic (exact) mass is 186 g/mol. The summed E-state index contributed by atoms with van der Waals surface area (Å²) in [6.45, 7) is 5.93. The Hall–Kier alpha value is -1.06. The zero-order valence-corrected chi connectivity index (χ0v) is 8.46. The highest BCUT2D eigenvalue weighted by molar-refractivity contribution is 5.94. The summed E-state index contributed by atoms with van der Waals surface area (Å²) in [4.78, 5) is 21.8. The average Bonchev–Trinajstić information content (AvgIpc) is 1.97. The summed E-state index contributed by atoms with van der Waals surface area (Å²) >= 11 is 0. The molecule has 0 aliphatic heterocycles. The lowest BCUT2D eigenvalue weighted by Crippen LogP contribution is -2.40. The molecule has 0 spiro atoms. The average molecular weight is 186 g/mol. The van der Waals surface area contributed by atoms with E-state index in [1.165, 1.54) is 0 Å². The molecule has 0 aliphatic rings. The highest BCUT2D eigenvalue weighted by atomic mass is 16.2. The smallest absolute Gasteiger partial charge is 0.318 e. The Bertz CT molecular complexity index is 190. The van der Waals surface area contributed by atoms with Gasteiger partial charge >= 0.3 is 6.03 Å². The lowest BCUT2D eigenvalue weighted by atomic mass is 9.91. The van der Waals surface area contributed by atoms with Gasteiger partial charge in [-0.1, -0.05) is 27.2 Å². The molecule has 0 heterocycles. The molecule has 4 nitrogen and oxygen atoms in total. The van der Waals surface area contributed by atoms with Crippen LogP contribution in [0.3, 0.4) is 0 Å². The fourth-order valence-corrected chi connectivity index (χ4v) is 1.29. The summed E-state index contributed by atoms with van der Waals surface area (Å²) in [6, 6.07) is -0.772. The Labute approximate surface area is 78.9 Å². The lowest BCUT2D eigenvalue weighted by molar-refractivity contribution is -0.125. The summed E-state index contributed by atoms with van der Waals surface area (Å²) in [5, 5.41) is 2.11. The third kappa shape index (κ3) is 4.50. The van der Waals surface area contributed by atoms with Gasteiger partial charge in [-0.25, -0.2) is 4.79 Å². The van der Waals surface area contributed by atoms with Gasteiger partial charge in [0.05, 0.1) is 0 Å². The second-order valence-electron chi connectivity index (χ2n) is 3.49. The molecule has 1 atom stereocenters. The van der Waals surface area contributed by atoms with E-state index in [1.54, 1.807) is 0 Å². The number of hydrogen-bond acceptors (Lipinski definition) is 2. The normalized spacial score (nSPS) is 12.6. The Balaban J connectivity index is 4.19. The molecule has 3 N–H and O–H groups in total. The number of carbonyl (C=O) groups excluding carboxylic acids is 2. The fraction of sp³-hybridized carbons (Fsp3) is 0.778. The molecule has 0 saturated carbocycles. The molecule has 0 unspecified atom stereocenters. The van der Waals surface area contributed by atoms with Gasteiger partial charge in [-0.2, -0.15) is 0 Å². The van der Waals surface area contributed by atoms with Gasteiger partial charge < -0.3 is 5.73 Å². The highest BCUT2D eigenvalue weighted by Gasteiger charge is 2.21. The van der Waals surface area contributed by atoms with Crippen molar-refractivity contribution >= 4 is 11.9 Å². The number of amides is 3. The maximum Gasteiger partial charge on any atom is 0.318 e. The van der Waals surface area contributed by atoms with Gasteiger partial charge in [0.1, 0.15) is 0 Å². The van der Waals surface area contributed by atoms with Gasteiger partial charge in [0.15, 0.2) is 0 Å². The van der Waals surface area contributed by atoms with Gasteiger partial charge in [-0.05, 0) is 12.3 Å². The third-order valence-electron chi connectivity index (χ3n) is 1.99. The standard InChI is InChI=1S/C9H18N2O2/c1-4-5-7(6(2)3)8(12)11-9(10)13/h6-7H,4-5H2,1-3H3,(H3,10,11,12,13)/t7-/m0/s1. The molecule has 0 aromatic carbocycles. The van der Waals surface area contributed by atoms with E-state index in [0.29, 0.717) is 0 Å². The topological polar surface area (TPSA) is 72.2 Å². The van der Waals surface area contributed by atoms with Crippen LogP contribution in [0.15, 0.2) is 0 Å². The van der Waals surface area contributed by atoms with Crippen LogP contribution in [0.1, 0.15) is 33.6 Å². The number of hydrogen-bond donors (Lipinski definition) is 2. The van der Waals surface area contributed by atoms with Crippen LogP contribution in [0.2, 0.25) is 0 Å². The van der Waals surface area contributed by atoms with Crippen LogP contribution in [-0.4, -0.2) is 11.9 Å². The van der Waals surface area contributed by atoms with Crippen LogP contribution in [0.25, 0.3) is 0 Å². The first-order valence-corrected chi connectivity index (χ1v) is 4.59. The van der Waals surface area contributed by atoms with Crippen molar-refractivity contribution in [2.45, 2.75) is 33.6 Å². The van der Waals surface area contributed by atoms with Crippen molar-refractivity contribution in [2.75, 3.05) is 0 Å². The van der Waals surface area contributed by atoms with Crippen LogP contribution in [0.5, 0.6) is 0 Å². The Morgan fingerprint density at radius 2 is 1.92 bits per heavy atom. The molecule has 0 aromatic rings. The van der Waals surface area contributed by atoms with E-state index >= 15 is 0 Å². The number of urea groups is 1. The minimum Gasteiger partial charge on any atom is -0.351 e. The molecule has 0 rings (SSSR count). The van der Waals surface area contributed by atoms with Crippen molar-refractivity contribution in [3.05, 3.63) is 0 Å². The number of rotatable bonds is 4. The first-order chi connectivity index (χ1) is 5.99. The molecular formula is C9H18N2O2. The maximum atomic E-state index is 11.4. The second-order valence-corrected chi connectivity index (χ2v) is 3.49. The number of primary amides is 1. The van der Waals surface area contributed by atoms with Crippen molar-refractivity contribution in [1.82, 2.24) is 5.32 Å². The van der Waals surface area contributed by atoms with Gasteiger partial charge in [0.25, 0.3) is 0 Å². The first-order valence-electron chi connectivity index (χ1n) is 4.59. The van der Waals surface area contributed by atoms with Crippen molar-refractivity contribution in [3.63, 3.8) is 0 Å². The molecule has 13 heavy (non-hydrogen) atoms. The van der Waals surface area contributed by atoms with E-state index in [0.717, 1.165) is 12.8 Å². The summed E-state index contributed by atoms with van der Waals surface area (Å²) in [5.41, 5.74) is 4.86. The van der Waals surface area contributed by atoms with Gasteiger partial charge in [0.2, 0.25) is 5.91 Å². The van der Waals surface area contributed by atoms with E-state index < -0.39 is 6.03 Å². The third-order valence-corrected chi connectivity index (χ3v) is 1.99. The first kappa shape index (κ1) is 11.9. The van der Waals surface area contributed by atoms with E-state index in [4.69, 9.17) is 5.73 Å². The molecular weight excluding hydrogens is 168 g/mol. The van der Waals surface area contributed by atoms with Gasteiger partial charge in [-0.15, -0.1) is 0 Å². The summed E-state index contributed by atoms with van der Waals surface area (Å²) in [6.07, 6.45) is 1.71. The molecule has 3 amide bonds. The minimum atomic E-state index is -0.772. The molecule has 0 bridgehead atoms. The predicted octanol–water partition coefficient (Wildman–Crippen LogP) is 1.25. The van der Waals surface area contributed by atoms with Crippen LogP contribution in [0.4, 0.5) is 4.79 Å². The molecule has 0 aliphatic carbocycles. The maximum absolute atomic E-state index is 11.4. The van der Waals surface area contributed by atoms with Crippen LogP contribution in [-0.2, 0) is 4.79 Å². The van der Waals surface area contributed by atoms with E-state index in [9.17, 15) is 9.59 Å². The van der Waals surface area contributed by atoms with Gasteiger partial charge in [0, 0.05) is 5.92 Å². The highest BCUT2D eigenvalue weighted by Crippen LogP contribution is 2.16. The predicted molar refractivity (Wildman–Crippen MR) is 51.0 cm³/mol. The number of carbonyl (C=O) groups is 2. The zero-order valence-electron chi connectivity index (χ0n) is 8.46. The lowest BCUT2D eigenvalue weighted by Gasteiger charge is -2.18. The van der Waals surface area contributed by atoms with Crippen LogP contribution >= 0.6 is 0 Å². The van der Waals surface area contributed by atoms with Crippen molar-refractivity contribution in [3.8, 4) is 0 Å². The zero-order chi connectivity index (χ0) is 10.4.